The monoisotopic (exact) mass is 336 g/mol. The Morgan fingerprint density at radius 1 is 0.960 bits per heavy atom. The van der Waals surface area contributed by atoms with Crippen LogP contribution in [-0.4, -0.2) is 18.4 Å². The van der Waals surface area contributed by atoms with Crippen molar-refractivity contribution in [3.05, 3.63) is 64.7 Å². The highest BCUT2D eigenvalue weighted by molar-refractivity contribution is 6.09. The van der Waals surface area contributed by atoms with Gasteiger partial charge in [0.2, 0.25) is 0 Å². The SMILES string of the molecule is CCCNC(=O)c1ccccc1NC(=O)c1ccc2c(c1)CCCC2. The van der Waals surface area contributed by atoms with Gasteiger partial charge < -0.3 is 10.6 Å². The van der Waals surface area contributed by atoms with E-state index in [0.29, 0.717) is 23.4 Å². The maximum atomic E-state index is 12.6. The number of hydrogen-bond donors (Lipinski definition) is 2. The van der Waals surface area contributed by atoms with Crippen LogP contribution in [0.5, 0.6) is 0 Å². The fourth-order valence-corrected chi connectivity index (χ4v) is 3.19. The van der Waals surface area contributed by atoms with Crippen LogP contribution in [0.2, 0.25) is 0 Å². The predicted octanol–water partition coefficient (Wildman–Crippen LogP) is 3.96. The molecule has 1 aliphatic rings. The van der Waals surface area contributed by atoms with Crippen molar-refractivity contribution in [1.29, 1.82) is 0 Å². The molecule has 0 unspecified atom stereocenters. The van der Waals surface area contributed by atoms with Gasteiger partial charge in [0.25, 0.3) is 11.8 Å². The molecule has 0 fully saturated rings. The predicted molar refractivity (Wildman–Crippen MR) is 100 cm³/mol. The van der Waals surface area contributed by atoms with Crippen molar-refractivity contribution in [2.24, 2.45) is 0 Å². The molecule has 0 bridgehead atoms. The van der Waals surface area contributed by atoms with Crippen LogP contribution in [0.4, 0.5) is 5.69 Å². The van der Waals surface area contributed by atoms with Crippen molar-refractivity contribution in [1.82, 2.24) is 5.32 Å². The average molecular weight is 336 g/mol. The number of carbonyl (C=O) groups is 2. The summed E-state index contributed by atoms with van der Waals surface area (Å²) >= 11 is 0. The van der Waals surface area contributed by atoms with E-state index in [1.807, 2.05) is 25.1 Å². The Kier molecular flexibility index (Phi) is 5.49. The second kappa shape index (κ2) is 7.97. The minimum atomic E-state index is -0.177. The molecule has 0 saturated heterocycles. The third-order valence-electron chi connectivity index (χ3n) is 4.57. The number of fused-ring (bicyclic) bond motifs is 1. The average Bonchev–Trinajstić information content (AvgIpc) is 2.66. The molecule has 0 atom stereocenters. The Balaban J connectivity index is 1.78. The summed E-state index contributed by atoms with van der Waals surface area (Å²) in [7, 11) is 0. The minimum absolute atomic E-state index is 0.164. The van der Waals surface area contributed by atoms with Crippen LogP contribution in [0.25, 0.3) is 0 Å². The quantitative estimate of drug-likeness (QED) is 0.868. The Labute approximate surface area is 148 Å². The molecule has 3 rings (SSSR count). The van der Waals surface area contributed by atoms with Gasteiger partial charge in [-0.15, -0.1) is 0 Å². The van der Waals surface area contributed by atoms with Crippen LogP contribution >= 0.6 is 0 Å². The molecule has 0 radical (unpaired) electrons. The van der Waals surface area contributed by atoms with Crippen molar-refractivity contribution >= 4 is 17.5 Å². The highest BCUT2D eigenvalue weighted by Crippen LogP contribution is 2.23. The topological polar surface area (TPSA) is 58.2 Å². The molecule has 0 aliphatic heterocycles. The van der Waals surface area contributed by atoms with Crippen molar-refractivity contribution in [2.75, 3.05) is 11.9 Å². The zero-order chi connectivity index (χ0) is 17.6. The van der Waals surface area contributed by atoms with Crippen LogP contribution in [0.1, 0.15) is 58.0 Å². The van der Waals surface area contributed by atoms with Crippen molar-refractivity contribution in [3.63, 3.8) is 0 Å². The van der Waals surface area contributed by atoms with E-state index in [0.717, 1.165) is 19.3 Å². The molecule has 2 aromatic rings. The van der Waals surface area contributed by atoms with E-state index in [-0.39, 0.29) is 11.8 Å². The van der Waals surface area contributed by atoms with Crippen molar-refractivity contribution in [3.8, 4) is 0 Å². The van der Waals surface area contributed by atoms with Crippen LogP contribution in [0.3, 0.4) is 0 Å². The first-order valence-electron chi connectivity index (χ1n) is 8.99. The van der Waals surface area contributed by atoms with Crippen molar-refractivity contribution in [2.45, 2.75) is 39.0 Å². The second-order valence-electron chi connectivity index (χ2n) is 6.45. The van der Waals surface area contributed by atoms with Crippen LogP contribution in [-0.2, 0) is 12.8 Å². The second-order valence-corrected chi connectivity index (χ2v) is 6.45. The number of aryl methyl sites for hydroxylation is 2. The number of anilines is 1. The van der Waals surface area contributed by atoms with Crippen LogP contribution in [0, 0.1) is 0 Å². The van der Waals surface area contributed by atoms with E-state index in [1.54, 1.807) is 18.2 Å². The molecular formula is C21H24N2O2. The fraction of sp³-hybridized carbons (Fsp3) is 0.333. The zero-order valence-electron chi connectivity index (χ0n) is 14.6. The summed E-state index contributed by atoms with van der Waals surface area (Å²) in [5.74, 6) is -0.340. The standard InChI is InChI=1S/C21H24N2O2/c1-2-13-22-21(25)18-9-5-6-10-19(18)23-20(24)17-12-11-15-7-3-4-8-16(15)14-17/h5-6,9-12,14H,2-4,7-8,13H2,1H3,(H,22,25)(H,23,24). The lowest BCUT2D eigenvalue weighted by molar-refractivity contribution is 0.0954. The van der Waals surface area contributed by atoms with Gasteiger partial charge in [-0.1, -0.05) is 25.1 Å². The third-order valence-corrected chi connectivity index (χ3v) is 4.57. The number of rotatable bonds is 5. The number of hydrogen-bond acceptors (Lipinski definition) is 2. The van der Waals surface area contributed by atoms with Gasteiger partial charge in [0, 0.05) is 12.1 Å². The molecule has 2 amide bonds. The summed E-state index contributed by atoms with van der Waals surface area (Å²) in [4.78, 5) is 24.9. The maximum absolute atomic E-state index is 12.6. The zero-order valence-corrected chi connectivity index (χ0v) is 14.6. The summed E-state index contributed by atoms with van der Waals surface area (Å²) in [6.07, 6.45) is 5.40. The first kappa shape index (κ1) is 17.2. The summed E-state index contributed by atoms with van der Waals surface area (Å²) < 4.78 is 0. The fourth-order valence-electron chi connectivity index (χ4n) is 3.19. The largest absolute Gasteiger partial charge is 0.352 e. The summed E-state index contributed by atoms with van der Waals surface area (Å²) in [5.41, 5.74) is 4.29. The van der Waals surface area contributed by atoms with Gasteiger partial charge in [-0.05, 0) is 67.5 Å². The third kappa shape index (κ3) is 4.08. The normalized spacial score (nSPS) is 13.0. The van der Waals surface area contributed by atoms with Crippen LogP contribution in [0.15, 0.2) is 42.5 Å². The van der Waals surface area contributed by atoms with Crippen LogP contribution < -0.4 is 10.6 Å². The molecule has 0 spiro atoms. The molecule has 0 aromatic heterocycles. The van der Waals surface area contributed by atoms with E-state index < -0.39 is 0 Å². The first-order chi connectivity index (χ1) is 12.2. The van der Waals surface area contributed by atoms with E-state index >= 15 is 0 Å². The highest BCUT2D eigenvalue weighted by atomic mass is 16.2. The van der Waals surface area contributed by atoms with Gasteiger partial charge in [-0.2, -0.15) is 0 Å². The Morgan fingerprint density at radius 3 is 2.52 bits per heavy atom. The van der Waals surface area contributed by atoms with Gasteiger partial charge in [0.05, 0.1) is 11.3 Å². The maximum Gasteiger partial charge on any atom is 0.255 e. The Hall–Kier alpha value is -2.62. The van der Waals surface area contributed by atoms with E-state index in [9.17, 15) is 9.59 Å². The number of amides is 2. The molecule has 2 aromatic carbocycles. The molecule has 4 nitrogen and oxygen atoms in total. The summed E-state index contributed by atoms with van der Waals surface area (Å²) in [6.45, 7) is 2.62. The lowest BCUT2D eigenvalue weighted by Crippen LogP contribution is -2.25. The summed E-state index contributed by atoms with van der Waals surface area (Å²) in [6, 6.07) is 13.0. The van der Waals surface area contributed by atoms with E-state index in [2.05, 4.69) is 16.7 Å². The summed E-state index contributed by atoms with van der Waals surface area (Å²) in [5, 5.41) is 5.74. The number of nitrogens with one attached hydrogen (secondary N) is 2. The van der Waals surface area contributed by atoms with Gasteiger partial charge in [-0.3, -0.25) is 9.59 Å². The van der Waals surface area contributed by atoms with Gasteiger partial charge in [0.1, 0.15) is 0 Å². The number of para-hydroxylation sites is 1. The first-order valence-corrected chi connectivity index (χ1v) is 8.99. The van der Waals surface area contributed by atoms with Gasteiger partial charge in [0.15, 0.2) is 0 Å². The lowest BCUT2D eigenvalue weighted by atomic mass is 9.90. The molecule has 4 heteroatoms. The molecule has 130 valence electrons. The molecule has 0 heterocycles. The molecule has 0 saturated carbocycles. The molecular weight excluding hydrogens is 312 g/mol. The smallest absolute Gasteiger partial charge is 0.255 e. The number of carbonyl (C=O) groups excluding carboxylic acids is 2. The van der Waals surface area contributed by atoms with E-state index in [1.165, 1.54) is 24.0 Å². The van der Waals surface area contributed by atoms with E-state index in [4.69, 9.17) is 0 Å². The molecule has 25 heavy (non-hydrogen) atoms. The Morgan fingerprint density at radius 2 is 1.72 bits per heavy atom. The minimum Gasteiger partial charge on any atom is -0.352 e. The Bertz CT molecular complexity index is 783. The molecule has 1 aliphatic carbocycles. The highest BCUT2D eigenvalue weighted by Gasteiger charge is 2.16. The lowest BCUT2D eigenvalue weighted by Gasteiger charge is -2.17. The van der Waals surface area contributed by atoms with Gasteiger partial charge in [-0.25, -0.2) is 0 Å². The van der Waals surface area contributed by atoms with Gasteiger partial charge >= 0.3 is 0 Å². The molecule has 2 N–H and O–H groups in total. The number of benzene rings is 2. The van der Waals surface area contributed by atoms with Crippen molar-refractivity contribution < 1.29 is 9.59 Å².